The topological polar surface area (TPSA) is 46.3 Å². The zero-order valence-electron chi connectivity index (χ0n) is 9.73. The van der Waals surface area contributed by atoms with Crippen molar-refractivity contribution >= 4 is 28.1 Å². The Morgan fingerprint density at radius 2 is 2.06 bits per heavy atom. The fourth-order valence-corrected chi connectivity index (χ4v) is 2.51. The third-order valence-corrected chi connectivity index (χ3v) is 3.27. The van der Waals surface area contributed by atoms with Gasteiger partial charge in [0.1, 0.15) is 0 Å². The zero-order valence-corrected chi connectivity index (χ0v) is 9.73. The molecule has 0 atom stereocenters. The number of nitrogens with two attached hydrogens (primary N) is 1. The molecule has 1 amide bonds. The number of nitrogen functional groups attached to an aromatic ring is 1. The lowest BCUT2D eigenvalue weighted by Crippen LogP contribution is -2.27. The number of rotatable bonds is 2. The van der Waals surface area contributed by atoms with Gasteiger partial charge in [-0.3, -0.25) is 4.79 Å². The average Bonchev–Trinajstić information content (AvgIpc) is 2.61. The molecule has 2 N–H and O–H groups in total. The van der Waals surface area contributed by atoms with Crippen molar-refractivity contribution in [1.82, 2.24) is 0 Å². The highest BCUT2D eigenvalue weighted by Crippen LogP contribution is 2.39. The second-order valence-corrected chi connectivity index (χ2v) is 4.36. The normalized spacial score (nSPS) is 13.7. The van der Waals surface area contributed by atoms with E-state index in [2.05, 4.69) is 6.92 Å². The van der Waals surface area contributed by atoms with Crippen LogP contribution in [-0.2, 0) is 0 Å². The molecule has 3 rings (SSSR count). The maximum Gasteiger partial charge on any atom is 0.258 e. The molecular weight excluding hydrogens is 212 g/mol. The maximum atomic E-state index is 12.3. The summed E-state index contributed by atoms with van der Waals surface area (Å²) in [6, 6.07) is 9.57. The maximum absolute atomic E-state index is 12.3. The van der Waals surface area contributed by atoms with Gasteiger partial charge in [0.25, 0.3) is 5.91 Å². The first-order chi connectivity index (χ1) is 8.24. The fraction of sp³-hybridized carbons (Fsp3) is 0.214. The first-order valence-corrected chi connectivity index (χ1v) is 5.87. The number of nitrogens with zero attached hydrogens (tertiary/aromatic N) is 1. The summed E-state index contributed by atoms with van der Waals surface area (Å²) >= 11 is 0. The van der Waals surface area contributed by atoms with E-state index < -0.39 is 0 Å². The van der Waals surface area contributed by atoms with E-state index in [1.54, 1.807) is 0 Å². The van der Waals surface area contributed by atoms with E-state index in [9.17, 15) is 4.79 Å². The van der Waals surface area contributed by atoms with Crippen molar-refractivity contribution in [3.63, 3.8) is 0 Å². The third-order valence-electron chi connectivity index (χ3n) is 3.27. The number of anilines is 2. The Morgan fingerprint density at radius 3 is 2.82 bits per heavy atom. The van der Waals surface area contributed by atoms with Crippen LogP contribution in [0.5, 0.6) is 0 Å². The molecule has 0 fully saturated rings. The van der Waals surface area contributed by atoms with Crippen LogP contribution in [0.3, 0.4) is 0 Å². The van der Waals surface area contributed by atoms with Crippen molar-refractivity contribution in [3.8, 4) is 0 Å². The minimum atomic E-state index is 0.0954. The van der Waals surface area contributed by atoms with E-state index in [4.69, 9.17) is 5.73 Å². The molecule has 3 heteroatoms. The second-order valence-electron chi connectivity index (χ2n) is 4.36. The number of carbonyl (C=O) groups is 1. The Labute approximate surface area is 99.8 Å². The van der Waals surface area contributed by atoms with Gasteiger partial charge in [-0.2, -0.15) is 0 Å². The summed E-state index contributed by atoms with van der Waals surface area (Å²) < 4.78 is 0. The molecule has 0 spiro atoms. The quantitative estimate of drug-likeness (QED) is 0.800. The molecule has 0 bridgehead atoms. The van der Waals surface area contributed by atoms with Gasteiger partial charge in [-0.05, 0) is 24.6 Å². The van der Waals surface area contributed by atoms with Crippen LogP contribution in [-0.4, -0.2) is 12.5 Å². The van der Waals surface area contributed by atoms with Crippen LogP contribution in [0.15, 0.2) is 30.3 Å². The lowest BCUT2D eigenvalue weighted by Gasteiger charge is -2.16. The third kappa shape index (κ3) is 1.25. The van der Waals surface area contributed by atoms with Crippen LogP contribution in [0, 0.1) is 0 Å². The Hall–Kier alpha value is -2.03. The number of amides is 1. The summed E-state index contributed by atoms with van der Waals surface area (Å²) in [5.41, 5.74) is 8.46. The SMILES string of the molecule is CCCN1C(=O)c2cccc3c(N)ccc1c23. The summed E-state index contributed by atoms with van der Waals surface area (Å²) in [4.78, 5) is 14.1. The summed E-state index contributed by atoms with van der Waals surface area (Å²) in [7, 11) is 0. The van der Waals surface area contributed by atoms with Crippen molar-refractivity contribution in [2.24, 2.45) is 0 Å². The summed E-state index contributed by atoms with van der Waals surface area (Å²) in [5, 5.41) is 1.98. The summed E-state index contributed by atoms with van der Waals surface area (Å²) in [6.45, 7) is 2.83. The van der Waals surface area contributed by atoms with E-state index in [-0.39, 0.29) is 5.91 Å². The van der Waals surface area contributed by atoms with E-state index in [1.807, 2.05) is 35.2 Å². The molecule has 0 saturated heterocycles. The van der Waals surface area contributed by atoms with Gasteiger partial charge in [-0.25, -0.2) is 0 Å². The molecule has 1 aliphatic heterocycles. The van der Waals surface area contributed by atoms with Crippen molar-refractivity contribution < 1.29 is 4.79 Å². The molecular formula is C14H14N2O. The minimum Gasteiger partial charge on any atom is -0.398 e. The highest BCUT2D eigenvalue weighted by Gasteiger charge is 2.29. The second kappa shape index (κ2) is 3.48. The average molecular weight is 226 g/mol. The Bertz CT molecular complexity index is 619. The smallest absolute Gasteiger partial charge is 0.258 e. The zero-order chi connectivity index (χ0) is 12.0. The van der Waals surface area contributed by atoms with Crippen LogP contribution < -0.4 is 10.6 Å². The number of benzene rings is 2. The van der Waals surface area contributed by atoms with Crippen molar-refractivity contribution in [3.05, 3.63) is 35.9 Å². The van der Waals surface area contributed by atoms with Gasteiger partial charge >= 0.3 is 0 Å². The van der Waals surface area contributed by atoms with Gasteiger partial charge in [0.05, 0.1) is 5.69 Å². The van der Waals surface area contributed by atoms with Crippen molar-refractivity contribution in [1.29, 1.82) is 0 Å². The predicted molar refractivity (Wildman–Crippen MR) is 70.3 cm³/mol. The van der Waals surface area contributed by atoms with Crippen LogP contribution in [0.2, 0.25) is 0 Å². The number of hydrogen-bond acceptors (Lipinski definition) is 2. The molecule has 17 heavy (non-hydrogen) atoms. The van der Waals surface area contributed by atoms with Crippen molar-refractivity contribution in [2.45, 2.75) is 13.3 Å². The summed E-state index contributed by atoms with van der Waals surface area (Å²) in [6.07, 6.45) is 0.950. The van der Waals surface area contributed by atoms with Crippen LogP contribution in [0.25, 0.3) is 10.8 Å². The Morgan fingerprint density at radius 1 is 1.24 bits per heavy atom. The van der Waals surface area contributed by atoms with Gasteiger partial charge < -0.3 is 10.6 Å². The van der Waals surface area contributed by atoms with Gasteiger partial charge in [-0.15, -0.1) is 0 Å². The first-order valence-electron chi connectivity index (χ1n) is 5.87. The van der Waals surface area contributed by atoms with Gasteiger partial charge in [-0.1, -0.05) is 19.1 Å². The van der Waals surface area contributed by atoms with Gasteiger partial charge in [0.15, 0.2) is 0 Å². The molecule has 0 aliphatic carbocycles. The molecule has 2 aromatic rings. The van der Waals surface area contributed by atoms with E-state index in [0.717, 1.165) is 40.7 Å². The molecule has 0 saturated carbocycles. The summed E-state index contributed by atoms with van der Waals surface area (Å²) in [5.74, 6) is 0.0954. The molecule has 2 aromatic carbocycles. The molecule has 0 radical (unpaired) electrons. The molecule has 3 nitrogen and oxygen atoms in total. The van der Waals surface area contributed by atoms with Gasteiger partial charge in [0.2, 0.25) is 0 Å². The number of carbonyl (C=O) groups excluding carboxylic acids is 1. The van der Waals surface area contributed by atoms with Crippen LogP contribution in [0.4, 0.5) is 11.4 Å². The highest BCUT2D eigenvalue weighted by atomic mass is 16.2. The predicted octanol–water partition coefficient (Wildman–Crippen LogP) is 2.79. The highest BCUT2D eigenvalue weighted by molar-refractivity contribution is 6.26. The molecule has 86 valence electrons. The standard InChI is InChI=1S/C14H14N2O/c1-2-8-16-12-7-6-11(15)9-4-3-5-10(13(9)12)14(16)17/h3-7H,2,8,15H2,1H3. The largest absolute Gasteiger partial charge is 0.398 e. The fourth-order valence-electron chi connectivity index (χ4n) is 2.51. The monoisotopic (exact) mass is 226 g/mol. The Balaban J connectivity index is 2.34. The van der Waals surface area contributed by atoms with Gasteiger partial charge in [0, 0.05) is 28.6 Å². The first kappa shape index (κ1) is 10.1. The minimum absolute atomic E-state index is 0.0954. The van der Waals surface area contributed by atoms with E-state index in [0.29, 0.717) is 0 Å². The molecule has 1 heterocycles. The van der Waals surface area contributed by atoms with E-state index in [1.165, 1.54) is 0 Å². The van der Waals surface area contributed by atoms with E-state index >= 15 is 0 Å². The number of hydrogen-bond donors (Lipinski definition) is 1. The Kier molecular flexibility index (Phi) is 2.08. The lowest BCUT2D eigenvalue weighted by molar-refractivity contribution is 0.0993. The lowest BCUT2D eigenvalue weighted by atomic mass is 10.0. The molecule has 0 unspecified atom stereocenters. The molecule has 0 aromatic heterocycles. The van der Waals surface area contributed by atoms with Crippen LogP contribution >= 0.6 is 0 Å². The van der Waals surface area contributed by atoms with Crippen LogP contribution in [0.1, 0.15) is 23.7 Å². The molecule has 1 aliphatic rings. The van der Waals surface area contributed by atoms with Crippen molar-refractivity contribution in [2.75, 3.05) is 17.2 Å².